The van der Waals surface area contributed by atoms with Gasteiger partial charge in [-0.15, -0.1) is 0 Å². The van der Waals surface area contributed by atoms with Crippen LogP contribution in [0.5, 0.6) is 0 Å². The smallest absolute Gasteiger partial charge is 0.313 e. The molecule has 3 unspecified atom stereocenters. The molecule has 2 bridgehead atoms. The van der Waals surface area contributed by atoms with E-state index in [0.717, 1.165) is 12.8 Å². The van der Waals surface area contributed by atoms with E-state index in [-0.39, 0.29) is 29.2 Å². The predicted octanol–water partition coefficient (Wildman–Crippen LogP) is 1.38. The van der Waals surface area contributed by atoms with Gasteiger partial charge < -0.3 is 9.47 Å². The topological polar surface area (TPSA) is 52.6 Å². The highest BCUT2D eigenvalue weighted by Gasteiger charge is 2.78. The summed E-state index contributed by atoms with van der Waals surface area (Å²) < 4.78 is 9.69. The molecule has 0 aromatic rings. The Morgan fingerprint density at radius 3 is 2.25 bits per heavy atom. The highest BCUT2D eigenvalue weighted by molar-refractivity contribution is 5.90. The second kappa shape index (κ2) is 3.22. The number of carbonyl (C=O) groups is 2. The molecule has 0 N–H and O–H groups in total. The van der Waals surface area contributed by atoms with Gasteiger partial charge in [-0.1, -0.05) is 13.8 Å². The molecule has 3 rings (SSSR count). The molecule has 3 fully saturated rings. The molecule has 0 saturated heterocycles. The highest BCUT2D eigenvalue weighted by atomic mass is 16.5. The van der Waals surface area contributed by atoms with Crippen molar-refractivity contribution in [1.82, 2.24) is 0 Å². The summed E-state index contributed by atoms with van der Waals surface area (Å²) in [5.74, 6) is -0.590. The van der Waals surface area contributed by atoms with E-state index in [1.54, 1.807) is 0 Å². The van der Waals surface area contributed by atoms with E-state index in [1.165, 1.54) is 14.2 Å². The number of fused-ring (bicyclic) bond motifs is 1. The van der Waals surface area contributed by atoms with Crippen LogP contribution in [-0.4, -0.2) is 26.2 Å². The Morgan fingerprint density at radius 2 is 1.81 bits per heavy atom. The molecule has 3 saturated carbocycles. The Bertz CT molecular complexity index is 347. The van der Waals surface area contributed by atoms with Crippen LogP contribution in [0, 0.1) is 22.7 Å². The van der Waals surface area contributed by atoms with E-state index in [0.29, 0.717) is 0 Å². The van der Waals surface area contributed by atoms with E-state index in [1.807, 2.05) is 13.8 Å². The molecule has 3 atom stereocenters. The normalized spacial score (nSPS) is 38.8. The molecule has 0 aliphatic heterocycles. The van der Waals surface area contributed by atoms with Gasteiger partial charge in [0, 0.05) is 0 Å². The van der Waals surface area contributed by atoms with Crippen LogP contribution in [0.1, 0.15) is 26.7 Å². The van der Waals surface area contributed by atoms with Gasteiger partial charge >= 0.3 is 11.9 Å². The number of esters is 2. The lowest BCUT2D eigenvalue weighted by atomic mass is 9.44. The first kappa shape index (κ1) is 11.4. The minimum atomic E-state index is -0.653. The summed E-state index contributed by atoms with van der Waals surface area (Å²) in [6.45, 7) is 4.09. The van der Waals surface area contributed by atoms with Crippen molar-refractivity contribution in [1.29, 1.82) is 0 Å². The van der Waals surface area contributed by atoms with Gasteiger partial charge in [-0.2, -0.15) is 0 Å². The summed E-state index contributed by atoms with van der Waals surface area (Å²) in [4.78, 5) is 23.7. The lowest BCUT2D eigenvalue weighted by molar-refractivity contribution is -0.204. The van der Waals surface area contributed by atoms with Crippen molar-refractivity contribution in [2.24, 2.45) is 22.7 Å². The van der Waals surface area contributed by atoms with Crippen LogP contribution in [0.25, 0.3) is 0 Å². The van der Waals surface area contributed by atoms with Gasteiger partial charge in [0.25, 0.3) is 0 Å². The van der Waals surface area contributed by atoms with Crippen LogP contribution in [0.2, 0.25) is 0 Å². The fraction of sp³-hybridized carbons (Fsp3) is 0.833. The summed E-state index contributed by atoms with van der Waals surface area (Å²) in [5, 5.41) is 0. The Morgan fingerprint density at radius 1 is 1.19 bits per heavy atom. The zero-order chi connectivity index (χ0) is 12.1. The maximum Gasteiger partial charge on any atom is 0.313 e. The third-order valence-electron chi connectivity index (χ3n) is 4.86. The lowest BCUT2D eigenvalue weighted by Crippen LogP contribution is -2.63. The van der Waals surface area contributed by atoms with Gasteiger partial charge in [0.2, 0.25) is 0 Å². The van der Waals surface area contributed by atoms with Crippen molar-refractivity contribution in [3.05, 3.63) is 0 Å². The average molecular weight is 226 g/mol. The Hall–Kier alpha value is -1.06. The summed E-state index contributed by atoms with van der Waals surface area (Å²) in [6.07, 6.45) is 1.64. The number of hydrogen-bond donors (Lipinski definition) is 0. The maximum absolute atomic E-state index is 12.0. The molecule has 0 spiro atoms. The minimum Gasteiger partial charge on any atom is -0.469 e. The number of carbonyl (C=O) groups excluding carboxylic acids is 2. The van der Waals surface area contributed by atoms with Gasteiger partial charge in [-0.25, -0.2) is 0 Å². The van der Waals surface area contributed by atoms with Crippen LogP contribution in [-0.2, 0) is 19.1 Å². The second-order valence-corrected chi connectivity index (χ2v) is 5.33. The SMILES string of the molecule is COC(=O)C1C2CCC1(C(=O)OC)C2(C)C. The van der Waals surface area contributed by atoms with Crippen LogP contribution in [0.4, 0.5) is 0 Å². The first-order valence-corrected chi connectivity index (χ1v) is 5.59. The van der Waals surface area contributed by atoms with E-state index >= 15 is 0 Å². The van der Waals surface area contributed by atoms with Gasteiger partial charge in [-0.05, 0) is 24.2 Å². The van der Waals surface area contributed by atoms with E-state index in [4.69, 9.17) is 9.47 Å². The number of rotatable bonds is 2. The van der Waals surface area contributed by atoms with Crippen LogP contribution >= 0.6 is 0 Å². The molecule has 3 aliphatic rings. The Kier molecular flexibility index (Phi) is 2.30. The van der Waals surface area contributed by atoms with Crippen LogP contribution < -0.4 is 0 Å². The molecule has 0 heterocycles. The third-order valence-corrected chi connectivity index (χ3v) is 4.86. The minimum absolute atomic E-state index is 0.154. The van der Waals surface area contributed by atoms with Gasteiger partial charge in [0.15, 0.2) is 0 Å². The Balaban J connectivity index is 2.39. The second-order valence-electron chi connectivity index (χ2n) is 5.33. The summed E-state index contributed by atoms with van der Waals surface area (Å²) in [7, 11) is 2.76. The zero-order valence-electron chi connectivity index (χ0n) is 10.2. The number of hydrogen-bond acceptors (Lipinski definition) is 4. The molecular weight excluding hydrogens is 208 g/mol. The van der Waals surface area contributed by atoms with Crippen molar-refractivity contribution in [2.75, 3.05) is 14.2 Å². The fourth-order valence-corrected chi connectivity index (χ4v) is 3.95. The summed E-state index contributed by atoms with van der Waals surface area (Å²) >= 11 is 0. The molecule has 3 aliphatic carbocycles. The summed E-state index contributed by atoms with van der Waals surface area (Å²) in [6, 6.07) is 0. The molecule has 0 aromatic carbocycles. The molecule has 0 aromatic heterocycles. The molecule has 4 heteroatoms. The van der Waals surface area contributed by atoms with Crippen molar-refractivity contribution in [3.63, 3.8) is 0 Å². The lowest BCUT2D eigenvalue weighted by Gasteiger charge is -2.57. The van der Waals surface area contributed by atoms with Crippen molar-refractivity contribution in [3.8, 4) is 0 Å². The first-order valence-electron chi connectivity index (χ1n) is 5.59. The van der Waals surface area contributed by atoms with Gasteiger partial charge in [-0.3, -0.25) is 9.59 Å². The highest BCUT2D eigenvalue weighted by Crippen LogP contribution is 2.74. The van der Waals surface area contributed by atoms with Gasteiger partial charge in [0.05, 0.1) is 25.6 Å². The number of methoxy groups -OCH3 is 2. The van der Waals surface area contributed by atoms with E-state index in [2.05, 4.69) is 0 Å². The van der Waals surface area contributed by atoms with Crippen molar-refractivity contribution in [2.45, 2.75) is 26.7 Å². The zero-order valence-corrected chi connectivity index (χ0v) is 10.2. The molecule has 4 nitrogen and oxygen atoms in total. The predicted molar refractivity (Wildman–Crippen MR) is 56.5 cm³/mol. The summed E-state index contributed by atoms with van der Waals surface area (Å²) in [5.41, 5.74) is -0.807. The van der Waals surface area contributed by atoms with Crippen LogP contribution in [0.3, 0.4) is 0 Å². The monoisotopic (exact) mass is 226 g/mol. The maximum atomic E-state index is 12.0. The van der Waals surface area contributed by atoms with E-state index < -0.39 is 5.41 Å². The van der Waals surface area contributed by atoms with E-state index in [9.17, 15) is 9.59 Å². The third kappa shape index (κ3) is 0.955. The number of ether oxygens (including phenoxy) is 2. The molecule has 0 radical (unpaired) electrons. The molecule has 0 amide bonds. The van der Waals surface area contributed by atoms with Crippen LogP contribution in [0.15, 0.2) is 0 Å². The quantitative estimate of drug-likeness (QED) is 0.667. The van der Waals surface area contributed by atoms with Gasteiger partial charge in [0.1, 0.15) is 0 Å². The molecule has 90 valence electrons. The first-order chi connectivity index (χ1) is 7.43. The molecule has 16 heavy (non-hydrogen) atoms. The standard InChI is InChI=1S/C12H18O4/c1-11(2)7-5-6-12(11,10(14)16-4)8(7)9(13)15-3/h7-8H,5-6H2,1-4H3. The molecular formula is C12H18O4. The largest absolute Gasteiger partial charge is 0.469 e. The Labute approximate surface area is 95.3 Å². The van der Waals surface area contributed by atoms with Crippen molar-refractivity contribution >= 4 is 11.9 Å². The fourth-order valence-electron chi connectivity index (χ4n) is 3.95. The average Bonchev–Trinajstić information content (AvgIpc) is 2.80. The van der Waals surface area contributed by atoms with Crippen molar-refractivity contribution < 1.29 is 19.1 Å².